The Morgan fingerprint density at radius 1 is 1.50 bits per heavy atom. The minimum Gasteiger partial charge on any atom is -0.260 e. The minimum absolute atomic E-state index is 0.119. The van der Waals surface area contributed by atoms with Crippen molar-refractivity contribution in [3.63, 3.8) is 0 Å². The van der Waals surface area contributed by atoms with Gasteiger partial charge >= 0.3 is 0 Å². The summed E-state index contributed by atoms with van der Waals surface area (Å²) in [5.41, 5.74) is 0. The van der Waals surface area contributed by atoms with Gasteiger partial charge in [-0.3, -0.25) is 4.98 Å². The number of halogens is 2. The monoisotopic (exact) mass is 292 g/mol. The van der Waals surface area contributed by atoms with E-state index in [4.69, 9.17) is 11.6 Å². The molecule has 0 saturated heterocycles. The second kappa shape index (κ2) is 5.11. The first kappa shape index (κ1) is 13.7. The van der Waals surface area contributed by atoms with E-state index >= 15 is 0 Å². The lowest BCUT2D eigenvalue weighted by Gasteiger charge is -2.33. The highest BCUT2D eigenvalue weighted by molar-refractivity contribution is 7.89. The van der Waals surface area contributed by atoms with E-state index in [1.165, 1.54) is 11.4 Å². The predicted octanol–water partition coefficient (Wildman–Crippen LogP) is 1.86. The van der Waals surface area contributed by atoms with Crippen LogP contribution in [-0.4, -0.2) is 36.7 Å². The zero-order chi connectivity index (χ0) is 13.3. The molecule has 1 saturated carbocycles. The molecular weight excluding hydrogens is 279 g/mol. The van der Waals surface area contributed by atoms with Crippen molar-refractivity contribution in [1.29, 1.82) is 0 Å². The van der Waals surface area contributed by atoms with E-state index in [9.17, 15) is 12.8 Å². The van der Waals surface area contributed by atoms with Crippen molar-refractivity contribution in [2.24, 2.45) is 5.92 Å². The molecule has 18 heavy (non-hydrogen) atoms. The summed E-state index contributed by atoms with van der Waals surface area (Å²) in [5, 5.41) is 0.155. The third-order valence-electron chi connectivity index (χ3n) is 3.08. The van der Waals surface area contributed by atoms with Crippen molar-refractivity contribution in [2.45, 2.75) is 23.1 Å². The number of rotatable bonds is 4. The summed E-state index contributed by atoms with van der Waals surface area (Å²) >= 11 is 5.85. The van der Waals surface area contributed by atoms with Gasteiger partial charge in [0.25, 0.3) is 0 Å². The molecule has 0 spiro atoms. The summed E-state index contributed by atoms with van der Waals surface area (Å²) in [5.74, 6) is -0.372. The van der Waals surface area contributed by atoms with Gasteiger partial charge in [-0.1, -0.05) is 0 Å². The average molecular weight is 293 g/mol. The van der Waals surface area contributed by atoms with Crippen LogP contribution in [0.15, 0.2) is 23.4 Å². The highest BCUT2D eigenvalue weighted by Crippen LogP contribution is 2.33. The van der Waals surface area contributed by atoms with E-state index in [0.717, 1.165) is 31.3 Å². The molecule has 0 bridgehead atoms. The maximum Gasteiger partial charge on any atom is 0.244 e. The maximum absolute atomic E-state index is 13.0. The summed E-state index contributed by atoms with van der Waals surface area (Å²) in [6, 6.07) is 0.976. The summed E-state index contributed by atoms with van der Waals surface area (Å²) in [7, 11) is -2.17. The van der Waals surface area contributed by atoms with Crippen molar-refractivity contribution in [1.82, 2.24) is 9.29 Å². The van der Waals surface area contributed by atoms with Crippen LogP contribution >= 0.6 is 11.6 Å². The Morgan fingerprint density at radius 3 is 2.72 bits per heavy atom. The zero-order valence-electron chi connectivity index (χ0n) is 9.88. The van der Waals surface area contributed by atoms with E-state index in [1.54, 1.807) is 0 Å². The second-order valence-electron chi connectivity index (χ2n) is 4.56. The summed E-state index contributed by atoms with van der Waals surface area (Å²) < 4.78 is 38.5. The van der Waals surface area contributed by atoms with Crippen LogP contribution < -0.4 is 0 Å². The Bertz CT molecular complexity index is 532. The van der Waals surface area contributed by atoms with E-state index in [2.05, 4.69) is 4.98 Å². The van der Waals surface area contributed by atoms with Gasteiger partial charge in [0, 0.05) is 25.2 Å². The Labute approximate surface area is 111 Å². The van der Waals surface area contributed by atoms with E-state index in [-0.39, 0.29) is 16.2 Å². The van der Waals surface area contributed by atoms with Crippen LogP contribution in [0, 0.1) is 11.7 Å². The number of hydrogen-bond donors (Lipinski definition) is 0. The topological polar surface area (TPSA) is 50.3 Å². The van der Waals surface area contributed by atoms with Gasteiger partial charge in [-0.2, -0.15) is 0 Å². The number of nitrogens with zero attached hydrogens (tertiary/aromatic N) is 2. The lowest BCUT2D eigenvalue weighted by atomic mass is 9.85. The lowest BCUT2D eigenvalue weighted by molar-refractivity contribution is 0.268. The standard InChI is InChI=1S/C11H14ClFN2O2S/c1-15(7-8-2-9(12)3-8)18(16,17)11-4-10(13)5-14-6-11/h4-6,8-9H,2-3,7H2,1H3. The largest absolute Gasteiger partial charge is 0.260 e. The average Bonchev–Trinajstić information content (AvgIpc) is 2.26. The third-order valence-corrected chi connectivity index (χ3v) is 5.23. The molecule has 1 aromatic rings. The summed E-state index contributed by atoms with van der Waals surface area (Å²) in [6.45, 7) is 0.405. The van der Waals surface area contributed by atoms with Crippen molar-refractivity contribution in [3.05, 3.63) is 24.3 Å². The molecule has 0 amide bonds. The number of pyridine rings is 1. The van der Waals surface area contributed by atoms with Crippen molar-refractivity contribution in [2.75, 3.05) is 13.6 Å². The Hall–Kier alpha value is -0.720. The van der Waals surface area contributed by atoms with Crippen LogP contribution in [-0.2, 0) is 10.0 Å². The normalized spacial score (nSPS) is 24.0. The molecule has 1 aromatic heterocycles. The first-order chi connectivity index (χ1) is 8.39. The van der Waals surface area contributed by atoms with Gasteiger partial charge in [-0.05, 0) is 24.8 Å². The molecule has 1 heterocycles. The lowest BCUT2D eigenvalue weighted by Crippen LogP contribution is -2.37. The Morgan fingerprint density at radius 2 is 2.17 bits per heavy atom. The van der Waals surface area contributed by atoms with Gasteiger partial charge in [-0.25, -0.2) is 17.1 Å². The second-order valence-corrected chi connectivity index (χ2v) is 7.22. The zero-order valence-corrected chi connectivity index (χ0v) is 11.5. The highest BCUT2D eigenvalue weighted by atomic mass is 35.5. The smallest absolute Gasteiger partial charge is 0.244 e. The molecule has 1 fully saturated rings. The Balaban J connectivity index is 2.10. The molecule has 0 atom stereocenters. The van der Waals surface area contributed by atoms with Gasteiger partial charge in [0.15, 0.2) is 0 Å². The quantitative estimate of drug-likeness (QED) is 0.796. The maximum atomic E-state index is 13.0. The van der Waals surface area contributed by atoms with Crippen LogP contribution in [0.5, 0.6) is 0 Å². The number of alkyl halides is 1. The van der Waals surface area contributed by atoms with Crippen LogP contribution in [0.3, 0.4) is 0 Å². The third kappa shape index (κ3) is 2.81. The highest BCUT2D eigenvalue weighted by Gasteiger charge is 2.31. The van der Waals surface area contributed by atoms with Gasteiger partial charge in [0.2, 0.25) is 10.0 Å². The molecule has 100 valence electrons. The number of hydrogen-bond acceptors (Lipinski definition) is 3. The van der Waals surface area contributed by atoms with Crippen LogP contribution in [0.25, 0.3) is 0 Å². The van der Waals surface area contributed by atoms with Gasteiger partial charge < -0.3 is 0 Å². The molecule has 0 radical (unpaired) electrons. The van der Waals surface area contributed by atoms with Crippen molar-refractivity contribution < 1.29 is 12.8 Å². The molecule has 0 unspecified atom stereocenters. The molecule has 7 heteroatoms. The molecule has 0 aromatic carbocycles. The van der Waals surface area contributed by atoms with Crippen LogP contribution in [0.1, 0.15) is 12.8 Å². The first-order valence-corrected chi connectivity index (χ1v) is 7.48. The van der Waals surface area contributed by atoms with Gasteiger partial charge in [-0.15, -0.1) is 11.6 Å². The fraction of sp³-hybridized carbons (Fsp3) is 0.545. The molecule has 1 aliphatic carbocycles. The molecule has 1 aliphatic rings. The summed E-state index contributed by atoms with van der Waals surface area (Å²) in [4.78, 5) is 3.44. The fourth-order valence-electron chi connectivity index (χ4n) is 1.98. The molecule has 0 aliphatic heterocycles. The minimum atomic E-state index is -3.66. The van der Waals surface area contributed by atoms with Gasteiger partial charge in [0.1, 0.15) is 10.7 Å². The molecule has 4 nitrogen and oxygen atoms in total. The van der Waals surface area contributed by atoms with Crippen molar-refractivity contribution >= 4 is 21.6 Å². The number of aromatic nitrogens is 1. The van der Waals surface area contributed by atoms with Crippen molar-refractivity contribution in [3.8, 4) is 0 Å². The molecule has 2 rings (SSSR count). The Kier molecular flexibility index (Phi) is 3.89. The summed E-state index contributed by atoms with van der Waals surface area (Å²) in [6.07, 6.45) is 3.77. The molecular formula is C11H14ClFN2O2S. The predicted molar refractivity (Wildman–Crippen MR) is 66.4 cm³/mol. The SMILES string of the molecule is CN(CC1CC(Cl)C1)S(=O)(=O)c1cncc(F)c1. The fourth-order valence-corrected chi connectivity index (χ4v) is 3.71. The first-order valence-electron chi connectivity index (χ1n) is 5.60. The van der Waals surface area contributed by atoms with Crippen LogP contribution in [0.4, 0.5) is 4.39 Å². The number of sulfonamides is 1. The van der Waals surface area contributed by atoms with Gasteiger partial charge in [0.05, 0.1) is 6.20 Å². The van der Waals surface area contributed by atoms with Crippen LogP contribution in [0.2, 0.25) is 0 Å². The van der Waals surface area contributed by atoms with E-state index < -0.39 is 15.8 Å². The molecule has 0 N–H and O–H groups in total. The van der Waals surface area contributed by atoms with E-state index in [1.807, 2.05) is 0 Å². The van der Waals surface area contributed by atoms with E-state index in [0.29, 0.717) is 6.54 Å².